The van der Waals surface area contributed by atoms with Crippen LogP contribution in [0.4, 0.5) is 0 Å². The maximum Gasteiger partial charge on any atom is 0.255 e. The molecule has 0 spiro atoms. The SMILES string of the molecule is C=C1c2c(Cl)ccc(O)c2C(O)=C2C(=O)[C@]3(O)C(O)=C(C(N)=O)C(=O)C(N(C)C)[C@@H]3[C@@H](O)[C@@H]12. The number of aliphatic hydroxyl groups is 4. The van der Waals surface area contributed by atoms with Gasteiger partial charge in [-0.1, -0.05) is 18.2 Å². The van der Waals surface area contributed by atoms with E-state index < -0.39 is 75.5 Å². The predicted molar refractivity (Wildman–Crippen MR) is 116 cm³/mol. The van der Waals surface area contributed by atoms with Gasteiger partial charge in [-0.15, -0.1) is 0 Å². The Morgan fingerprint density at radius 2 is 1.79 bits per heavy atom. The second-order valence-corrected chi connectivity index (χ2v) is 8.96. The van der Waals surface area contributed by atoms with E-state index >= 15 is 0 Å². The fourth-order valence-electron chi connectivity index (χ4n) is 5.26. The number of ketones is 2. The van der Waals surface area contributed by atoms with Crippen LogP contribution in [-0.4, -0.2) is 79.7 Å². The summed E-state index contributed by atoms with van der Waals surface area (Å²) >= 11 is 6.25. The molecule has 0 aromatic heterocycles. The van der Waals surface area contributed by atoms with Gasteiger partial charge in [-0.05, 0) is 31.8 Å². The van der Waals surface area contributed by atoms with Gasteiger partial charge in [-0.25, -0.2) is 0 Å². The van der Waals surface area contributed by atoms with Crippen molar-refractivity contribution in [2.45, 2.75) is 17.7 Å². The first-order valence-corrected chi connectivity index (χ1v) is 10.2. The van der Waals surface area contributed by atoms with Gasteiger partial charge in [-0.2, -0.15) is 0 Å². The molecule has 0 bridgehead atoms. The number of amides is 1. The highest BCUT2D eigenvalue weighted by molar-refractivity contribution is 6.33. The molecule has 174 valence electrons. The third kappa shape index (κ3) is 2.69. The van der Waals surface area contributed by atoms with E-state index in [0.29, 0.717) is 0 Å². The van der Waals surface area contributed by atoms with Crippen molar-refractivity contribution in [3.05, 3.63) is 51.8 Å². The average molecular weight is 477 g/mol. The third-order valence-corrected chi connectivity index (χ3v) is 6.99. The van der Waals surface area contributed by atoms with Crippen molar-refractivity contribution in [2.24, 2.45) is 17.6 Å². The molecule has 0 heterocycles. The highest BCUT2D eigenvalue weighted by Crippen LogP contribution is 2.56. The van der Waals surface area contributed by atoms with Crippen molar-refractivity contribution in [2.75, 3.05) is 14.1 Å². The highest BCUT2D eigenvalue weighted by atomic mass is 35.5. The Bertz CT molecular complexity index is 1230. The van der Waals surface area contributed by atoms with Crippen LogP contribution < -0.4 is 5.73 Å². The van der Waals surface area contributed by atoms with Gasteiger partial charge >= 0.3 is 0 Å². The van der Waals surface area contributed by atoms with Crippen LogP contribution in [0.15, 0.2) is 35.6 Å². The van der Waals surface area contributed by atoms with Crippen molar-refractivity contribution in [1.29, 1.82) is 0 Å². The Kier molecular flexibility index (Phi) is 4.99. The lowest BCUT2D eigenvalue weighted by Crippen LogP contribution is -2.70. The third-order valence-electron chi connectivity index (χ3n) is 6.67. The quantitative estimate of drug-likeness (QED) is 0.321. The van der Waals surface area contributed by atoms with Crippen LogP contribution >= 0.6 is 11.6 Å². The number of nitrogens with zero attached hydrogens (tertiary/aromatic N) is 1. The van der Waals surface area contributed by atoms with Crippen LogP contribution in [0.1, 0.15) is 11.1 Å². The topological polar surface area (TPSA) is 182 Å². The number of aromatic hydroxyl groups is 1. The molecule has 7 N–H and O–H groups in total. The van der Waals surface area contributed by atoms with E-state index in [-0.39, 0.29) is 21.7 Å². The molecule has 3 aliphatic carbocycles. The van der Waals surface area contributed by atoms with Crippen molar-refractivity contribution < 1.29 is 39.9 Å². The summed E-state index contributed by atoms with van der Waals surface area (Å²) in [5, 5.41) is 55.0. The molecule has 1 amide bonds. The fourth-order valence-corrected chi connectivity index (χ4v) is 5.54. The number of nitrogens with two attached hydrogens (primary N) is 1. The van der Waals surface area contributed by atoms with Crippen LogP contribution in [0.5, 0.6) is 5.75 Å². The molecule has 1 fully saturated rings. The van der Waals surface area contributed by atoms with Crippen molar-refractivity contribution in [3.63, 3.8) is 0 Å². The lowest BCUT2D eigenvalue weighted by molar-refractivity contribution is -0.166. The molecular weight excluding hydrogens is 456 g/mol. The number of primary amides is 1. The Hall–Kier alpha value is -3.18. The standard InChI is InChI=1S/C22H21ClN2O8/c1-6-9-7(23)4-5-8(26)11(9)16(27)12-10(6)17(28)14-15(25(2)3)18(29)13(21(24)32)20(31)22(14,33)19(12)30/h4-5,10,14-15,17,26-28,31,33H,1H2,2-3H3,(H2,24,32)/t10-,14+,15?,17-,22-/m0/s1. The van der Waals surface area contributed by atoms with Crippen LogP contribution in [0.2, 0.25) is 5.02 Å². The molecule has 0 saturated heterocycles. The zero-order valence-electron chi connectivity index (χ0n) is 17.5. The number of Topliss-reactive ketones (excluding diaryl/α,β-unsaturated/α-hetero) is 2. The van der Waals surface area contributed by atoms with Gasteiger partial charge < -0.3 is 31.3 Å². The Labute approximate surface area is 192 Å². The summed E-state index contributed by atoms with van der Waals surface area (Å²) in [5.41, 5.74) is 0.634. The summed E-state index contributed by atoms with van der Waals surface area (Å²) < 4.78 is 0. The molecule has 0 radical (unpaired) electrons. The predicted octanol–water partition coefficient (Wildman–Crippen LogP) is 0.0589. The molecule has 1 saturated carbocycles. The zero-order valence-corrected chi connectivity index (χ0v) is 18.3. The van der Waals surface area contributed by atoms with Crippen LogP contribution in [-0.2, 0) is 14.4 Å². The maximum atomic E-state index is 13.7. The van der Waals surface area contributed by atoms with E-state index in [1.54, 1.807) is 0 Å². The highest BCUT2D eigenvalue weighted by Gasteiger charge is 2.68. The molecular formula is C22H21ClN2O8. The van der Waals surface area contributed by atoms with E-state index in [9.17, 15) is 39.9 Å². The number of aliphatic hydroxyl groups excluding tert-OH is 3. The van der Waals surface area contributed by atoms with Crippen LogP contribution in [0.25, 0.3) is 11.3 Å². The molecule has 11 heteroatoms. The fraction of sp³-hybridized carbons (Fsp3) is 0.318. The first-order valence-electron chi connectivity index (χ1n) is 9.81. The van der Waals surface area contributed by atoms with E-state index in [0.717, 1.165) is 0 Å². The number of likely N-dealkylation sites (N-methyl/N-ethyl adjacent to an activating group) is 1. The van der Waals surface area contributed by atoms with E-state index in [4.69, 9.17) is 17.3 Å². The van der Waals surface area contributed by atoms with Crippen LogP contribution in [0.3, 0.4) is 0 Å². The van der Waals surface area contributed by atoms with Gasteiger partial charge in [0.2, 0.25) is 5.78 Å². The number of fused-ring (bicyclic) bond motifs is 3. The van der Waals surface area contributed by atoms with E-state index in [1.165, 1.54) is 31.1 Å². The molecule has 5 atom stereocenters. The number of hydrogen-bond acceptors (Lipinski definition) is 9. The number of phenolic OH excluding ortho intramolecular Hbond substituents is 1. The van der Waals surface area contributed by atoms with Gasteiger partial charge in [0.25, 0.3) is 5.91 Å². The Morgan fingerprint density at radius 1 is 1.18 bits per heavy atom. The number of hydrogen-bond donors (Lipinski definition) is 6. The smallest absolute Gasteiger partial charge is 0.255 e. The minimum absolute atomic E-state index is 0.0516. The monoisotopic (exact) mass is 476 g/mol. The molecule has 10 nitrogen and oxygen atoms in total. The first-order chi connectivity index (χ1) is 15.3. The van der Waals surface area contributed by atoms with Crippen molar-refractivity contribution >= 4 is 40.4 Å². The minimum atomic E-state index is -2.97. The summed E-state index contributed by atoms with van der Waals surface area (Å²) in [7, 11) is 2.84. The molecule has 33 heavy (non-hydrogen) atoms. The van der Waals surface area contributed by atoms with Gasteiger partial charge in [0.1, 0.15) is 22.8 Å². The Balaban J connectivity index is 2.10. The molecule has 3 aliphatic rings. The molecule has 0 aliphatic heterocycles. The summed E-state index contributed by atoms with van der Waals surface area (Å²) in [5.74, 6) is -9.18. The maximum absolute atomic E-state index is 13.7. The summed E-state index contributed by atoms with van der Waals surface area (Å²) in [6.45, 7) is 3.89. The lowest BCUT2D eigenvalue weighted by atomic mass is 9.55. The number of benzene rings is 1. The summed E-state index contributed by atoms with van der Waals surface area (Å²) in [6, 6.07) is 1.08. The summed E-state index contributed by atoms with van der Waals surface area (Å²) in [4.78, 5) is 39.9. The number of carbonyl (C=O) groups excluding carboxylic acids is 3. The van der Waals surface area contributed by atoms with Gasteiger partial charge in [0, 0.05) is 16.5 Å². The number of phenols is 1. The lowest BCUT2D eigenvalue weighted by Gasteiger charge is -2.52. The van der Waals surface area contributed by atoms with Gasteiger partial charge in [0.05, 0.1) is 29.2 Å². The molecule has 4 rings (SSSR count). The zero-order chi connectivity index (χ0) is 24.7. The average Bonchev–Trinajstić information content (AvgIpc) is 2.72. The second-order valence-electron chi connectivity index (χ2n) is 8.55. The van der Waals surface area contributed by atoms with Crippen LogP contribution in [0, 0.1) is 11.8 Å². The molecule has 1 unspecified atom stereocenters. The normalized spacial score (nSPS) is 31.5. The first kappa shape index (κ1) is 23.0. The van der Waals surface area contributed by atoms with Gasteiger partial charge in [0.15, 0.2) is 11.4 Å². The van der Waals surface area contributed by atoms with Crippen molar-refractivity contribution in [3.8, 4) is 5.75 Å². The molecule has 1 aromatic rings. The number of rotatable bonds is 2. The van der Waals surface area contributed by atoms with Crippen molar-refractivity contribution in [1.82, 2.24) is 4.90 Å². The molecule has 1 aromatic carbocycles. The number of halogens is 1. The largest absolute Gasteiger partial charge is 0.508 e. The minimum Gasteiger partial charge on any atom is -0.508 e. The van der Waals surface area contributed by atoms with E-state index in [1.807, 2.05) is 0 Å². The Morgan fingerprint density at radius 3 is 2.33 bits per heavy atom. The number of carbonyl (C=O) groups is 3. The van der Waals surface area contributed by atoms with Gasteiger partial charge in [-0.3, -0.25) is 19.3 Å². The summed E-state index contributed by atoms with van der Waals surface area (Å²) in [6.07, 6.45) is -1.75. The van der Waals surface area contributed by atoms with E-state index in [2.05, 4.69) is 6.58 Å². The second kappa shape index (κ2) is 7.16.